The lowest BCUT2D eigenvalue weighted by Gasteiger charge is -2.38. The van der Waals surface area contributed by atoms with Crippen molar-refractivity contribution in [3.63, 3.8) is 0 Å². The number of nitrogens with zero attached hydrogens (tertiary/aromatic N) is 3. The van der Waals surface area contributed by atoms with E-state index in [0.29, 0.717) is 37.3 Å². The molecule has 0 saturated carbocycles. The summed E-state index contributed by atoms with van der Waals surface area (Å²) in [6.07, 6.45) is 9.66. The summed E-state index contributed by atoms with van der Waals surface area (Å²) in [5.41, 5.74) is 2.88. The number of carbonyl (C=O) groups is 4. The predicted molar refractivity (Wildman–Crippen MR) is 241 cm³/mol. The minimum atomic E-state index is -1.60. The summed E-state index contributed by atoms with van der Waals surface area (Å²) in [6.45, 7) is 22.2. The molecule has 7 rings (SSSR count). The number of Topliss-reactive ketones (excluding diaryl/α,β-unsaturated/α-hetero) is 1. The van der Waals surface area contributed by atoms with Gasteiger partial charge in [0.05, 0.1) is 22.7 Å². The number of ether oxygens (including phenoxy) is 2. The third-order valence-electron chi connectivity index (χ3n) is 13.7. The Morgan fingerprint density at radius 2 is 1.70 bits per heavy atom. The number of amides is 2. The number of phenols is 2. The third kappa shape index (κ3) is 9.03. The average molecular weight is 870 g/mol. The number of piperidine rings is 1. The van der Waals surface area contributed by atoms with Gasteiger partial charge in [0.1, 0.15) is 39.4 Å². The number of esters is 1. The maximum atomic E-state index is 14.8. The molecule has 0 aromatic heterocycles. The molecule has 14 heteroatoms. The Morgan fingerprint density at radius 3 is 2.33 bits per heavy atom. The maximum Gasteiger partial charge on any atom is 0.321 e. The van der Waals surface area contributed by atoms with E-state index in [2.05, 4.69) is 29.1 Å². The number of primary amides is 1. The van der Waals surface area contributed by atoms with Crippen LogP contribution in [0.15, 0.2) is 45.9 Å². The lowest BCUT2D eigenvalue weighted by molar-refractivity contribution is -0.171. The molecule has 5 aliphatic heterocycles. The number of rotatable bonds is 5. The number of fused-ring (bicyclic) bond motifs is 13. The van der Waals surface area contributed by atoms with Crippen LogP contribution >= 0.6 is 0 Å². The second-order valence-electron chi connectivity index (χ2n) is 19.9. The van der Waals surface area contributed by atoms with Gasteiger partial charge in [0, 0.05) is 61.3 Å². The van der Waals surface area contributed by atoms with Gasteiger partial charge in [-0.1, -0.05) is 71.9 Å². The number of aliphatic hydroxyl groups is 1. The van der Waals surface area contributed by atoms with Crippen molar-refractivity contribution in [3.8, 4) is 17.2 Å². The highest BCUT2D eigenvalue weighted by atomic mass is 16.5. The fourth-order valence-corrected chi connectivity index (χ4v) is 9.51. The van der Waals surface area contributed by atoms with Crippen molar-refractivity contribution < 1.29 is 44.0 Å². The summed E-state index contributed by atoms with van der Waals surface area (Å²) >= 11 is 0. The van der Waals surface area contributed by atoms with Gasteiger partial charge in [0.15, 0.2) is 11.4 Å². The van der Waals surface area contributed by atoms with Crippen LogP contribution in [-0.4, -0.2) is 86.9 Å². The standard InChI is InChI=1S/C49H67N5O9/c1-25(2)24-54-21-19-49(20-22-54)52-35-32-33-39(56)31(8)42-34(32)43(58)48(11,63-42)18-13-12-16-27(4)41(62-46(61)47(9,10)45(50)60)30(7)38(55)29(6)23-26(3)15-14-17-28(5)44(59)51-37(40(33)57)36(35)53-49/h12-15,17,25-27,29-30,38,41,52,55-57H,16,18-24H2,1-11H3,(H2,50,60)/b13-12+,15-14+,28-17-,51-37?/t26-,27+,29+,30+,38+,41+,48+/m0/s1. The zero-order valence-corrected chi connectivity index (χ0v) is 38.8. The van der Waals surface area contributed by atoms with Crippen molar-refractivity contribution in [2.75, 3.05) is 25.0 Å². The molecule has 0 aliphatic carbocycles. The van der Waals surface area contributed by atoms with Crippen molar-refractivity contribution in [3.05, 3.63) is 57.8 Å². The van der Waals surface area contributed by atoms with Crippen LogP contribution in [0.1, 0.15) is 117 Å². The summed E-state index contributed by atoms with van der Waals surface area (Å²) in [6, 6.07) is 0. The van der Waals surface area contributed by atoms with Gasteiger partial charge in [-0.05, 0) is 71.1 Å². The molecule has 5 heterocycles. The number of anilines is 1. The van der Waals surface area contributed by atoms with E-state index in [1.165, 1.54) is 13.8 Å². The van der Waals surface area contributed by atoms with E-state index in [9.17, 15) is 34.5 Å². The van der Waals surface area contributed by atoms with E-state index < -0.39 is 58.3 Å². The summed E-state index contributed by atoms with van der Waals surface area (Å²) in [4.78, 5) is 66.4. The first kappa shape index (κ1) is 47.4. The van der Waals surface area contributed by atoms with Gasteiger partial charge in [-0.2, -0.15) is 0 Å². The molecule has 342 valence electrons. The molecule has 0 radical (unpaired) electrons. The zero-order valence-electron chi connectivity index (χ0n) is 38.8. The monoisotopic (exact) mass is 869 g/mol. The van der Waals surface area contributed by atoms with E-state index in [-0.39, 0.29) is 79.6 Å². The Labute approximate surface area is 370 Å². The van der Waals surface area contributed by atoms with Gasteiger partial charge in [-0.25, -0.2) is 4.99 Å². The minimum Gasteiger partial charge on any atom is -0.507 e. The number of hydrogen-bond acceptors (Lipinski definition) is 12. The minimum absolute atomic E-state index is 0.0190. The first-order valence-electron chi connectivity index (χ1n) is 22.4. The van der Waals surface area contributed by atoms with Crippen molar-refractivity contribution in [1.29, 1.82) is 0 Å². The SMILES string of the molecule is C/C1=C/C=C/[C@H](C)C[C@@H](C)[C@@H](O)[C@@H](C)[C@H](OC(=O)C(C)(C)C(N)=O)[C@H](C)C/C=C/C[C@@]2(C)Oc3c(C)c(O)c4c(O)c(c5c(c4c3C2=O)NC2(CCN(CC(C)C)CC2)N=5)=NC1=O. The van der Waals surface area contributed by atoms with Crippen molar-refractivity contribution in [2.45, 2.75) is 132 Å². The normalized spacial score (nSPS) is 30.0. The van der Waals surface area contributed by atoms with Crippen LogP contribution in [0.25, 0.3) is 10.8 Å². The second-order valence-corrected chi connectivity index (χ2v) is 19.9. The molecular formula is C49H67N5O9. The first-order valence-corrected chi connectivity index (χ1v) is 22.4. The number of allylic oxidation sites excluding steroid dienone is 4. The van der Waals surface area contributed by atoms with Crippen molar-refractivity contribution >= 4 is 40.0 Å². The highest BCUT2D eigenvalue weighted by Crippen LogP contribution is 2.51. The van der Waals surface area contributed by atoms with Crippen molar-refractivity contribution in [2.24, 2.45) is 50.7 Å². The first-order chi connectivity index (χ1) is 29.4. The van der Waals surface area contributed by atoms with E-state index in [1.807, 2.05) is 45.9 Å². The molecule has 0 unspecified atom stereocenters. The zero-order chi connectivity index (χ0) is 46.5. The van der Waals surface area contributed by atoms with Gasteiger partial charge in [0.25, 0.3) is 5.91 Å². The van der Waals surface area contributed by atoms with E-state index >= 15 is 0 Å². The highest BCUT2D eigenvalue weighted by molar-refractivity contribution is 6.22. The summed E-state index contributed by atoms with van der Waals surface area (Å²) in [5.74, 6) is -3.83. The average Bonchev–Trinajstić information content (AvgIpc) is 3.72. The molecule has 7 atom stereocenters. The number of hydrogen-bond donors (Lipinski definition) is 5. The van der Waals surface area contributed by atoms with Crippen LogP contribution in [0.2, 0.25) is 0 Å². The molecule has 63 heavy (non-hydrogen) atoms. The van der Waals surface area contributed by atoms with Gasteiger partial charge >= 0.3 is 5.97 Å². The summed E-state index contributed by atoms with van der Waals surface area (Å²) in [7, 11) is 0. The van der Waals surface area contributed by atoms with Crippen LogP contribution in [0.5, 0.6) is 17.2 Å². The van der Waals surface area contributed by atoms with E-state index in [4.69, 9.17) is 20.2 Å². The fraction of sp³-hybridized carbons (Fsp3) is 0.592. The van der Waals surface area contributed by atoms with Crippen LogP contribution in [0.3, 0.4) is 0 Å². The fourth-order valence-electron chi connectivity index (χ4n) is 9.51. The topological polar surface area (TPSA) is 213 Å². The number of aliphatic hydroxyl groups excluding tert-OH is 1. The molecule has 2 amide bonds. The number of carbonyl (C=O) groups excluding carboxylic acids is 4. The van der Waals surface area contributed by atoms with Crippen LogP contribution in [0, 0.1) is 41.9 Å². The Morgan fingerprint density at radius 1 is 1.03 bits per heavy atom. The Balaban J connectivity index is 1.49. The van der Waals surface area contributed by atoms with E-state index in [1.54, 1.807) is 32.9 Å². The largest absolute Gasteiger partial charge is 0.507 e. The number of phenolic OH excluding ortho intramolecular Hbond substituents is 2. The quantitative estimate of drug-likeness (QED) is 0.100. The number of nitrogens with one attached hydrogen (secondary N) is 1. The smallest absolute Gasteiger partial charge is 0.321 e. The molecule has 2 aromatic rings. The van der Waals surface area contributed by atoms with Crippen LogP contribution < -0.4 is 26.5 Å². The summed E-state index contributed by atoms with van der Waals surface area (Å²) in [5, 5.41) is 39.7. The molecule has 1 saturated heterocycles. The third-order valence-corrected chi connectivity index (χ3v) is 13.7. The summed E-state index contributed by atoms with van der Waals surface area (Å²) < 4.78 is 12.6. The van der Waals surface area contributed by atoms with Gasteiger partial charge < -0.3 is 40.7 Å². The van der Waals surface area contributed by atoms with Crippen LogP contribution in [0.4, 0.5) is 5.69 Å². The Hall–Kier alpha value is -5.08. The molecular weight excluding hydrogens is 803 g/mol. The van der Waals surface area contributed by atoms with Crippen molar-refractivity contribution in [1.82, 2.24) is 4.90 Å². The molecule has 5 aliphatic rings. The predicted octanol–water partition coefficient (Wildman–Crippen LogP) is 6.10. The van der Waals surface area contributed by atoms with Gasteiger partial charge in [-0.3, -0.25) is 24.2 Å². The Kier molecular flexibility index (Phi) is 13.4. The highest BCUT2D eigenvalue weighted by Gasteiger charge is 2.49. The second kappa shape index (κ2) is 17.8. The lowest BCUT2D eigenvalue weighted by atomic mass is 9.80. The lowest BCUT2D eigenvalue weighted by Crippen LogP contribution is -2.47. The number of benzene rings is 2. The van der Waals surface area contributed by atoms with Gasteiger partial charge in [-0.15, -0.1) is 0 Å². The molecule has 5 bridgehead atoms. The van der Waals surface area contributed by atoms with Crippen LogP contribution in [-0.2, 0) is 19.1 Å². The molecule has 1 spiro atoms. The molecule has 6 N–H and O–H groups in total. The number of ketones is 1. The maximum absolute atomic E-state index is 14.8. The number of likely N-dealkylation sites (tertiary alicyclic amines) is 1. The number of aromatic hydroxyl groups is 2. The molecule has 14 nitrogen and oxygen atoms in total. The Bertz CT molecular complexity index is 2410. The number of nitrogens with two attached hydrogens (primary N) is 1. The van der Waals surface area contributed by atoms with Gasteiger partial charge in [0.2, 0.25) is 11.7 Å². The van der Waals surface area contributed by atoms with E-state index in [0.717, 1.165) is 19.6 Å². The molecule has 1 fully saturated rings. The molecule has 2 aromatic carbocycles.